The van der Waals surface area contributed by atoms with Crippen molar-refractivity contribution in [3.63, 3.8) is 0 Å². The number of hydrogen-bond donors (Lipinski definition) is 5. The van der Waals surface area contributed by atoms with E-state index in [4.69, 9.17) is 5.73 Å². The SMILES string of the molecule is N#Cc1cnc(NC(CC(=O)O)c2ccc(-c3c[nH]c4ncnc(N)c34)cc2)c(C(=O)NCCc2ccc(F)cc2)c1. The summed E-state index contributed by atoms with van der Waals surface area (Å²) in [6.45, 7) is 0.254. The van der Waals surface area contributed by atoms with E-state index in [1.807, 2.05) is 18.2 Å². The van der Waals surface area contributed by atoms with Gasteiger partial charge < -0.3 is 26.5 Å². The van der Waals surface area contributed by atoms with Crippen molar-refractivity contribution in [1.82, 2.24) is 25.3 Å². The number of carbonyl (C=O) groups excluding carboxylic acids is 1. The summed E-state index contributed by atoms with van der Waals surface area (Å²) in [4.78, 5) is 40.5. The predicted molar refractivity (Wildman–Crippen MR) is 154 cm³/mol. The van der Waals surface area contributed by atoms with Gasteiger partial charge in [-0.3, -0.25) is 9.59 Å². The minimum atomic E-state index is -1.06. The number of nitrogens with one attached hydrogen (secondary N) is 3. The van der Waals surface area contributed by atoms with Crippen molar-refractivity contribution in [2.75, 3.05) is 17.6 Å². The third-order valence-corrected chi connectivity index (χ3v) is 6.69. The molecule has 210 valence electrons. The normalized spacial score (nSPS) is 11.5. The van der Waals surface area contributed by atoms with Crippen LogP contribution in [-0.4, -0.2) is 43.5 Å². The van der Waals surface area contributed by atoms with E-state index in [2.05, 4.69) is 30.6 Å². The van der Waals surface area contributed by atoms with E-state index in [0.717, 1.165) is 16.7 Å². The number of nitriles is 1. The number of anilines is 2. The van der Waals surface area contributed by atoms with Crippen molar-refractivity contribution >= 4 is 34.5 Å². The van der Waals surface area contributed by atoms with Crippen molar-refractivity contribution in [3.05, 3.63) is 101 Å². The molecule has 0 saturated heterocycles. The third kappa shape index (κ3) is 6.15. The molecule has 1 amide bonds. The molecule has 5 rings (SSSR count). The zero-order valence-electron chi connectivity index (χ0n) is 22.1. The Morgan fingerprint density at radius 1 is 1.10 bits per heavy atom. The molecule has 42 heavy (non-hydrogen) atoms. The summed E-state index contributed by atoms with van der Waals surface area (Å²) in [7, 11) is 0. The molecule has 0 saturated carbocycles. The standard InChI is InChI=1S/C30H25FN8O3/c31-21-7-1-17(2-8-21)9-10-34-30(42)22-11-18(13-32)14-35-28(22)39-24(12-25(40)41)20-5-3-19(4-6-20)23-15-36-29-26(23)27(33)37-16-38-29/h1-8,11,14-16,24H,9-10,12H2,(H,34,42)(H,35,39)(H,40,41)(H3,33,36,37,38). The van der Waals surface area contributed by atoms with Gasteiger partial charge in [0, 0.05) is 24.5 Å². The third-order valence-electron chi connectivity index (χ3n) is 6.69. The Hall–Kier alpha value is -5.83. The lowest BCUT2D eigenvalue weighted by Crippen LogP contribution is -2.27. The fourth-order valence-corrected chi connectivity index (χ4v) is 4.58. The first-order valence-electron chi connectivity index (χ1n) is 12.9. The Morgan fingerprint density at radius 2 is 1.86 bits per heavy atom. The number of aromatic nitrogens is 4. The number of carboxylic acids is 1. The van der Waals surface area contributed by atoms with E-state index in [9.17, 15) is 24.3 Å². The van der Waals surface area contributed by atoms with Crippen molar-refractivity contribution < 1.29 is 19.1 Å². The van der Waals surface area contributed by atoms with Gasteiger partial charge in [0.1, 0.15) is 35.5 Å². The zero-order valence-corrected chi connectivity index (χ0v) is 22.1. The molecule has 0 fully saturated rings. The number of nitrogens with two attached hydrogens (primary N) is 1. The molecular formula is C30H25FN8O3. The Morgan fingerprint density at radius 3 is 2.57 bits per heavy atom. The number of rotatable bonds is 10. The van der Waals surface area contributed by atoms with Gasteiger partial charge in [-0.1, -0.05) is 36.4 Å². The fourth-order valence-electron chi connectivity index (χ4n) is 4.58. The fraction of sp³-hybridized carbons (Fsp3) is 0.133. The van der Waals surface area contributed by atoms with Gasteiger partial charge in [0.2, 0.25) is 0 Å². The van der Waals surface area contributed by atoms with E-state index in [-0.39, 0.29) is 35.7 Å². The number of pyridine rings is 1. The van der Waals surface area contributed by atoms with Crippen molar-refractivity contribution in [2.45, 2.75) is 18.9 Å². The van der Waals surface area contributed by atoms with Gasteiger partial charge in [-0.25, -0.2) is 19.3 Å². The number of fused-ring (bicyclic) bond motifs is 1. The highest BCUT2D eigenvalue weighted by Gasteiger charge is 2.21. The second kappa shape index (κ2) is 12.1. The first-order valence-corrected chi connectivity index (χ1v) is 12.9. The number of carbonyl (C=O) groups is 2. The van der Waals surface area contributed by atoms with Crippen LogP contribution < -0.4 is 16.4 Å². The number of benzene rings is 2. The molecule has 5 aromatic rings. The molecule has 0 radical (unpaired) electrons. The topological polar surface area (TPSA) is 183 Å². The predicted octanol–water partition coefficient (Wildman–Crippen LogP) is 4.21. The minimum absolute atomic E-state index is 0.0921. The quantitative estimate of drug-likeness (QED) is 0.166. The molecule has 0 aliphatic rings. The highest BCUT2D eigenvalue weighted by Crippen LogP contribution is 2.32. The molecule has 0 spiro atoms. The van der Waals surface area contributed by atoms with Gasteiger partial charge in [-0.2, -0.15) is 5.26 Å². The number of halogens is 1. The summed E-state index contributed by atoms with van der Waals surface area (Å²) in [5.74, 6) is -1.43. The summed E-state index contributed by atoms with van der Waals surface area (Å²) in [5.41, 5.74) is 10.0. The first kappa shape index (κ1) is 27.7. The lowest BCUT2D eigenvalue weighted by atomic mass is 9.99. The van der Waals surface area contributed by atoms with Crippen LogP contribution in [0.15, 0.2) is 73.3 Å². The van der Waals surface area contributed by atoms with Gasteiger partial charge in [0.15, 0.2) is 0 Å². The number of aromatic amines is 1. The van der Waals surface area contributed by atoms with Crippen LogP contribution in [0.1, 0.15) is 39.5 Å². The van der Waals surface area contributed by atoms with Gasteiger partial charge >= 0.3 is 5.97 Å². The van der Waals surface area contributed by atoms with Gasteiger partial charge in [-0.05, 0) is 41.3 Å². The number of hydrogen-bond acceptors (Lipinski definition) is 8. The van der Waals surface area contributed by atoms with Crippen LogP contribution in [0.4, 0.5) is 16.0 Å². The number of carboxylic acid groups (broad SMARTS) is 1. The maximum Gasteiger partial charge on any atom is 0.305 e. The number of nitrogens with zero attached hydrogens (tertiary/aromatic N) is 4. The lowest BCUT2D eigenvalue weighted by Gasteiger charge is -2.20. The molecule has 0 bridgehead atoms. The molecule has 12 heteroatoms. The monoisotopic (exact) mass is 564 g/mol. The van der Waals surface area contributed by atoms with E-state index in [0.29, 0.717) is 28.8 Å². The Kier molecular flexibility index (Phi) is 8.01. The molecule has 11 nitrogen and oxygen atoms in total. The van der Waals surface area contributed by atoms with Crippen molar-refractivity contribution in [3.8, 4) is 17.2 Å². The van der Waals surface area contributed by atoms with Crippen LogP contribution in [0.3, 0.4) is 0 Å². The van der Waals surface area contributed by atoms with Crippen LogP contribution >= 0.6 is 0 Å². The first-order chi connectivity index (χ1) is 20.3. The van der Waals surface area contributed by atoms with E-state index in [1.165, 1.54) is 30.7 Å². The van der Waals surface area contributed by atoms with E-state index >= 15 is 0 Å². The molecule has 3 aromatic heterocycles. The van der Waals surface area contributed by atoms with Crippen LogP contribution in [0.25, 0.3) is 22.2 Å². The molecule has 1 atom stereocenters. The number of H-pyrrole nitrogens is 1. The van der Waals surface area contributed by atoms with Crippen LogP contribution in [0.2, 0.25) is 0 Å². The summed E-state index contributed by atoms with van der Waals surface area (Å²) in [6.07, 6.45) is 4.62. The highest BCUT2D eigenvalue weighted by molar-refractivity contribution is 6.00. The molecule has 0 aliphatic carbocycles. The van der Waals surface area contributed by atoms with Crippen LogP contribution in [0, 0.1) is 17.1 Å². The maximum atomic E-state index is 13.2. The molecule has 6 N–H and O–H groups in total. The number of amides is 1. The average molecular weight is 565 g/mol. The van der Waals surface area contributed by atoms with Crippen molar-refractivity contribution in [1.29, 1.82) is 5.26 Å². The Labute approximate surface area is 239 Å². The van der Waals surface area contributed by atoms with Crippen molar-refractivity contribution in [2.24, 2.45) is 0 Å². The van der Waals surface area contributed by atoms with E-state index in [1.54, 1.807) is 30.5 Å². The Bertz CT molecular complexity index is 1800. The molecule has 3 heterocycles. The molecule has 1 unspecified atom stereocenters. The summed E-state index contributed by atoms with van der Waals surface area (Å²) in [5, 5.41) is 25.6. The summed E-state index contributed by atoms with van der Waals surface area (Å²) >= 11 is 0. The largest absolute Gasteiger partial charge is 0.481 e. The smallest absolute Gasteiger partial charge is 0.305 e. The van der Waals surface area contributed by atoms with Gasteiger partial charge in [-0.15, -0.1) is 0 Å². The summed E-state index contributed by atoms with van der Waals surface area (Å²) in [6, 6.07) is 15.8. The average Bonchev–Trinajstić information content (AvgIpc) is 3.43. The molecule has 2 aromatic carbocycles. The zero-order chi connectivity index (χ0) is 29.6. The number of nitrogen functional groups attached to an aromatic ring is 1. The van der Waals surface area contributed by atoms with Crippen LogP contribution in [-0.2, 0) is 11.2 Å². The minimum Gasteiger partial charge on any atom is -0.481 e. The van der Waals surface area contributed by atoms with E-state index < -0.39 is 17.9 Å². The van der Waals surface area contributed by atoms with Gasteiger partial charge in [0.25, 0.3) is 5.91 Å². The summed E-state index contributed by atoms with van der Waals surface area (Å²) < 4.78 is 13.2. The molecular weight excluding hydrogens is 539 g/mol. The second-order valence-electron chi connectivity index (χ2n) is 9.47. The highest BCUT2D eigenvalue weighted by atomic mass is 19.1. The molecule has 0 aliphatic heterocycles. The van der Waals surface area contributed by atoms with Gasteiger partial charge in [0.05, 0.1) is 29.0 Å². The maximum absolute atomic E-state index is 13.2. The lowest BCUT2D eigenvalue weighted by molar-refractivity contribution is -0.137. The number of aliphatic carboxylic acids is 1. The van der Waals surface area contributed by atoms with Crippen LogP contribution in [0.5, 0.6) is 0 Å². The second-order valence-corrected chi connectivity index (χ2v) is 9.47. The Balaban J connectivity index is 1.38.